The van der Waals surface area contributed by atoms with Crippen LogP contribution in [-0.4, -0.2) is 25.0 Å². The highest BCUT2D eigenvalue weighted by molar-refractivity contribution is 6.34. The van der Waals surface area contributed by atoms with Crippen LogP contribution in [0.15, 0.2) is 36.4 Å². The van der Waals surface area contributed by atoms with E-state index >= 15 is 0 Å². The molecular weight excluding hydrogens is 335 g/mol. The Kier molecular flexibility index (Phi) is 4.40. The minimum absolute atomic E-state index is 0.0270. The van der Waals surface area contributed by atoms with Crippen molar-refractivity contribution in [2.24, 2.45) is 0 Å². The minimum Gasteiger partial charge on any atom is -0.490 e. The minimum atomic E-state index is -0.702. The second-order valence-electron chi connectivity index (χ2n) is 5.25. The molecule has 7 heteroatoms. The summed E-state index contributed by atoms with van der Waals surface area (Å²) in [5, 5.41) is 2.62. The lowest BCUT2D eigenvalue weighted by Crippen LogP contribution is -2.36. The predicted molar refractivity (Wildman–Crippen MR) is 89.3 cm³/mol. The van der Waals surface area contributed by atoms with Gasteiger partial charge in [0, 0.05) is 12.6 Å². The fourth-order valence-electron chi connectivity index (χ4n) is 2.53. The smallest absolute Gasteiger partial charge is 0.260 e. The number of amides is 2. The first kappa shape index (κ1) is 16.3. The standard InChI is InChI=1S/C17H14ClFN2O3/c1-10(22)21-7-8-24-15-6-5-11(9-14(15)21)20-17(23)16-12(18)3-2-4-13(16)19/h2-6,9H,7-8H2,1H3,(H,20,23). The summed E-state index contributed by atoms with van der Waals surface area (Å²) >= 11 is 5.90. The van der Waals surface area contributed by atoms with E-state index in [1.165, 1.54) is 25.1 Å². The molecule has 1 N–H and O–H groups in total. The Morgan fingerprint density at radius 1 is 1.29 bits per heavy atom. The molecule has 2 amide bonds. The molecule has 2 aromatic carbocycles. The monoisotopic (exact) mass is 348 g/mol. The zero-order chi connectivity index (χ0) is 17.3. The van der Waals surface area contributed by atoms with Crippen molar-refractivity contribution in [3.8, 4) is 5.75 Å². The van der Waals surface area contributed by atoms with Crippen LogP contribution in [0.25, 0.3) is 0 Å². The van der Waals surface area contributed by atoms with Crippen molar-refractivity contribution >= 4 is 34.8 Å². The molecule has 0 spiro atoms. The Labute approximate surface area is 143 Å². The normalized spacial score (nSPS) is 13.0. The van der Waals surface area contributed by atoms with Gasteiger partial charge in [0.05, 0.1) is 22.8 Å². The maximum atomic E-state index is 13.8. The Bertz CT molecular complexity index is 805. The summed E-state index contributed by atoms with van der Waals surface area (Å²) in [5.74, 6) is -0.936. The first-order chi connectivity index (χ1) is 11.5. The Hall–Kier alpha value is -2.60. The quantitative estimate of drug-likeness (QED) is 0.904. The summed E-state index contributed by atoms with van der Waals surface area (Å²) in [5.41, 5.74) is 0.748. The topological polar surface area (TPSA) is 58.6 Å². The molecule has 24 heavy (non-hydrogen) atoms. The van der Waals surface area contributed by atoms with E-state index in [1.807, 2.05) is 0 Å². The third kappa shape index (κ3) is 3.05. The van der Waals surface area contributed by atoms with E-state index in [9.17, 15) is 14.0 Å². The summed E-state index contributed by atoms with van der Waals surface area (Å²) in [6, 6.07) is 8.92. The molecule has 0 aromatic heterocycles. The van der Waals surface area contributed by atoms with Crippen molar-refractivity contribution in [3.63, 3.8) is 0 Å². The molecule has 0 aliphatic carbocycles. The number of nitrogens with one attached hydrogen (secondary N) is 1. The fraction of sp³-hybridized carbons (Fsp3) is 0.176. The molecule has 124 valence electrons. The maximum absolute atomic E-state index is 13.8. The molecule has 0 saturated carbocycles. The first-order valence-corrected chi connectivity index (χ1v) is 7.65. The van der Waals surface area contributed by atoms with E-state index in [0.717, 1.165) is 0 Å². The van der Waals surface area contributed by atoms with E-state index in [2.05, 4.69) is 5.32 Å². The van der Waals surface area contributed by atoms with E-state index in [-0.39, 0.29) is 16.5 Å². The molecule has 3 rings (SSSR count). The SMILES string of the molecule is CC(=O)N1CCOc2ccc(NC(=O)c3c(F)cccc3Cl)cc21. The number of rotatable bonds is 2. The van der Waals surface area contributed by atoms with Crippen LogP contribution < -0.4 is 15.0 Å². The summed E-state index contributed by atoms with van der Waals surface area (Å²) in [7, 11) is 0. The number of fused-ring (bicyclic) bond motifs is 1. The van der Waals surface area contributed by atoms with Gasteiger partial charge < -0.3 is 15.0 Å². The molecule has 5 nitrogen and oxygen atoms in total. The highest BCUT2D eigenvalue weighted by Crippen LogP contribution is 2.34. The van der Waals surface area contributed by atoms with Gasteiger partial charge in [0.2, 0.25) is 5.91 Å². The van der Waals surface area contributed by atoms with E-state index in [0.29, 0.717) is 30.3 Å². The number of anilines is 2. The van der Waals surface area contributed by atoms with Gasteiger partial charge in [-0.1, -0.05) is 17.7 Å². The summed E-state index contributed by atoms with van der Waals surface area (Å²) in [4.78, 5) is 25.6. The molecule has 1 aliphatic heterocycles. The molecule has 0 radical (unpaired) electrons. The molecule has 0 unspecified atom stereocenters. The van der Waals surface area contributed by atoms with Crippen molar-refractivity contribution in [1.82, 2.24) is 0 Å². The van der Waals surface area contributed by atoms with Crippen molar-refractivity contribution in [3.05, 3.63) is 52.8 Å². The summed E-state index contributed by atoms with van der Waals surface area (Å²) < 4.78 is 19.3. The third-order valence-electron chi connectivity index (χ3n) is 3.65. The molecule has 0 fully saturated rings. The first-order valence-electron chi connectivity index (χ1n) is 7.27. The molecule has 2 aromatic rings. The highest BCUT2D eigenvalue weighted by Gasteiger charge is 2.22. The van der Waals surface area contributed by atoms with Gasteiger partial charge in [0.1, 0.15) is 18.2 Å². The molecule has 0 atom stereocenters. The number of ether oxygens (including phenoxy) is 1. The van der Waals surface area contributed by atoms with Crippen LogP contribution in [0.1, 0.15) is 17.3 Å². The fourth-order valence-corrected chi connectivity index (χ4v) is 2.78. The van der Waals surface area contributed by atoms with Crippen molar-refractivity contribution < 1.29 is 18.7 Å². The van der Waals surface area contributed by atoms with E-state index < -0.39 is 11.7 Å². The van der Waals surface area contributed by atoms with E-state index in [1.54, 1.807) is 23.1 Å². The molecular formula is C17H14ClFN2O3. The Morgan fingerprint density at radius 2 is 2.08 bits per heavy atom. The number of carbonyl (C=O) groups is 2. The van der Waals surface area contributed by atoms with Gasteiger partial charge in [-0.05, 0) is 30.3 Å². The largest absolute Gasteiger partial charge is 0.490 e. The van der Waals surface area contributed by atoms with Gasteiger partial charge in [0.25, 0.3) is 5.91 Å². The van der Waals surface area contributed by atoms with Crippen LogP contribution in [0.4, 0.5) is 15.8 Å². The summed E-state index contributed by atoms with van der Waals surface area (Å²) in [6.07, 6.45) is 0. The van der Waals surface area contributed by atoms with E-state index in [4.69, 9.17) is 16.3 Å². The molecule has 1 heterocycles. The second-order valence-corrected chi connectivity index (χ2v) is 5.66. The van der Waals surface area contributed by atoms with Gasteiger partial charge in [-0.25, -0.2) is 4.39 Å². The van der Waals surface area contributed by atoms with Gasteiger partial charge in [-0.15, -0.1) is 0 Å². The Morgan fingerprint density at radius 3 is 2.79 bits per heavy atom. The maximum Gasteiger partial charge on any atom is 0.260 e. The van der Waals surface area contributed by atoms with Crippen molar-refractivity contribution in [1.29, 1.82) is 0 Å². The average Bonchev–Trinajstić information content (AvgIpc) is 2.53. The van der Waals surface area contributed by atoms with Crippen LogP contribution in [0, 0.1) is 5.82 Å². The number of benzene rings is 2. The second kappa shape index (κ2) is 6.49. The van der Waals surface area contributed by atoms with Gasteiger partial charge in [-0.2, -0.15) is 0 Å². The molecule has 0 saturated heterocycles. The number of hydrogen-bond acceptors (Lipinski definition) is 3. The average molecular weight is 349 g/mol. The molecule has 1 aliphatic rings. The zero-order valence-corrected chi connectivity index (χ0v) is 13.6. The predicted octanol–water partition coefficient (Wildman–Crippen LogP) is 3.48. The number of nitrogens with zero attached hydrogens (tertiary/aromatic N) is 1. The number of carbonyl (C=O) groups excluding carboxylic acids is 2. The van der Waals surface area contributed by atoms with Gasteiger partial charge in [0.15, 0.2) is 0 Å². The lowest BCUT2D eigenvalue weighted by molar-refractivity contribution is -0.116. The van der Waals surface area contributed by atoms with Crippen LogP contribution in [0.2, 0.25) is 5.02 Å². The van der Waals surface area contributed by atoms with Crippen LogP contribution in [0.3, 0.4) is 0 Å². The molecule has 0 bridgehead atoms. The van der Waals surface area contributed by atoms with Crippen LogP contribution in [0.5, 0.6) is 5.75 Å². The third-order valence-corrected chi connectivity index (χ3v) is 3.96. The van der Waals surface area contributed by atoms with Crippen LogP contribution >= 0.6 is 11.6 Å². The number of halogens is 2. The highest BCUT2D eigenvalue weighted by atomic mass is 35.5. The summed E-state index contributed by atoms with van der Waals surface area (Å²) in [6.45, 7) is 2.29. The van der Waals surface area contributed by atoms with Crippen molar-refractivity contribution in [2.45, 2.75) is 6.92 Å². The van der Waals surface area contributed by atoms with Gasteiger partial charge >= 0.3 is 0 Å². The lowest BCUT2D eigenvalue weighted by atomic mass is 10.1. The van der Waals surface area contributed by atoms with Gasteiger partial charge in [-0.3, -0.25) is 9.59 Å². The lowest BCUT2D eigenvalue weighted by Gasteiger charge is -2.29. The van der Waals surface area contributed by atoms with Crippen LogP contribution in [-0.2, 0) is 4.79 Å². The van der Waals surface area contributed by atoms with Crippen molar-refractivity contribution in [2.75, 3.05) is 23.4 Å². The number of hydrogen-bond donors (Lipinski definition) is 1. The Balaban J connectivity index is 1.90. The zero-order valence-electron chi connectivity index (χ0n) is 12.8.